The van der Waals surface area contributed by atoms with E-state index in [9.17, 15) is 14.7 Å². The van der Waals surface area contributed by atoms with E-state index in [0.717, 1.165) is 6.92 Å². The molecule has 98 valence electrons. The molecule has 0 aliphatic carbocycles. The van der Waals surface area contributed by atoms with Crippen molar-refractivity contribution >= 4 is 17.9 Å². The minimum Gasteiger partial charge on any atom is -0.370 e. The second-order valence-electron chi connectivity index (χ2n) is 3.28. The molecule has 1 unspecified atom stereocenters. The Labute approximate surface area is 97.5 Å². The molecule has 0 bridgehead atoms. The molecule has 0 aromatic carbocycles. The Balaban J connectivity index is 4.04. The molecular weight excluding hydrogens is 232 g/mol. The minimum atomic E-state index is -2.26. The molecule has 0 heterocycles. The van der Waals surface area contributed by atoms with Crippen LogP contribution < -0.4 is 17.2 Å². The van der Waals surface area contributed by atoms with Gasteiger partial charge >= 0.3 is 11.9 Å². The zero-order valence-corrected chi connectivity index (χ0v) is 9.38. The van der Waals surface area contributed by atoms with Gasteiger partial charge in [-0.2, -0.15) is 0 Å². The van der Waals surface area contributed by atoms with Crippen molar-refractivity contribution in [3.05, 3.63) is 0 Å². The van der Waals surface area contributed by atoms with Crippen molar-refractivity contribution in [1.82, 2.24) is 0 Å². The number of rotatable bonds is 5. The van der Waals surface area contributed by atoms with Crippen LogP contribution in [0.5, 0.6) is 0 Å². The summed E-state index contributed by atoms with van der Waals surface area (Å²) in [7, 11) is 0. The molecule has 0 aliphatic heterocycles. The van der Waals surface area contributed by atoms with Crippen molar-refractivity contribution in [2.45, 2.75) is 25.5 Å². The lowest BCUT2D eigenvalue weighted by Crippen LogP contribution is -2.49. The number of hydrogen-bond acceptors (Lipinski definition) is 7. The molecule has 1 atom stereocenters. The number of guanidine groups is 1. The normalized spacial score (nSPS) is 13.4. The van der Waals surface area contributed by atoms with Gasteiger partial charge in [-0.05, 0) is 6.42 Å². The summed E-state index contributed by atoms with van der Waals surface area (Å²) in [4.78, 5) is 33.0. The molecule has 0 spiro atoms. The van der Waals surface area contributed by atoms with Crippen LogP contribution in [0.4, 0.5) is 0 Å². The highest BCUT2D eigenvalue weighted by Crippen LogP contribution is 2.08. The molecule has 0 aliphatic rings. The third-order valence-electron chi connectivity index (χ3n) is 1.60. The largest absolute Gasteiger partial charge is 0.401 e. The van der Waals surface area contributed by atoms with Crippen molar-refractivity contribution in [2.75, 3.05) is 6.54 Å². The van der Waals surface area contributed by atoms with E-state index < -0.39 is 17.7 Å². The Morgan fingerprint density at radius 3 is 2.41 bits per heavy atom. The van der Waals surface area contributed by atoms with Crippen LogP contribution in [-0.2, 0) is 19.4 Å². The molecular formula is C8H16N4O5. The van der Waals surface area contributed by atoms with Crippen molar-refractivity contribution in [2.24, 2.45) is 22.2 Å². The number of nitrogens with two attached hydrogens (primary N) is 3. The average molecular weight is 248 g/mol. The summed E-state index contributed by atoms with van der Waals surface area (Å²) in [6, 6.07) is 0. The van der Waals surface area contributed by atoms with Crippen LogP contribution in [0.3, 0.4) is 0 Å². The van der Waals surface area contributed by atoms with Gasteiger partial charge in [0.15, 0.2) is 5.96 Å². The summed E-state index contributed by atoms with van der Waals surface area (Å²) in [5, 5.41) is 9.46. The standard InChI is InChI=1S/C8H16N4O5/c1-5(13)16-17-6(14)8(11,15)3-2-4-12-7(9)10/h15H,2-4,11H2,1H3,(H4,9,10,12). The van der Waals surface area contributed by atoms with Crippen LogP contribution in [0, 0.1) is 0 Å². The number of aliphatic imine (C=N–C) groups is 1. The number of carbonyl (C=O) groups excluding carboxylic acids is 2. The second kappa shape index (κ2) is 6.66. The summed E-state index contributed by atoms with van der Waals surface area (Å²) >= 11 is 0. The molecule has 7 N–H and O–H groups in total. The van der Waals surface area contributed by atoms with E-state index in [1.165, 1.54) is 0 Å². The quantitative estimate of drug-likeness (QED) is 0.105. The van der Waals surface area contributed by atoms with Crippen molar-refractivity contribution in [3.63, 3.8) is 0 Å². The molecule has 9 heteroatoms. The van der Waals surface area contributed by atoms with E-state index in [4.69, 9.17) is 17.2 Å². The Hall–Kier alpha value is -1.87. The fraction of sp³-hybridized carbons (Fsp3) is 0.625. The first kappa shape index (κ1) is 15.1. The summed E-state index contributed by atoms with van der Waals surface area (Å²) in [5.41, 5.74) is 13.1. The molecule has 0 aromatic heterocycles. The first-order valence-electron chi connectivity index (χ1n) is 4.72. The van der Waals surface area contributed by atoms with Gasteiger partial charge in [-0.25, -0.2) is 19.4 Å². The van der Waals surface area contributed by atoms with Crippen LogP contribution in [0.25, 0.3) is 0 Å². The van der Waals surface area contributed by atoms with Gasteiger partial charge in [-0.15, -0.1) is 0 Å². The third kappa shape index (κ3) is 7.09. The van der Waals surface area contributed by atoms with Crippen LogP contribution in [0.15, 0.2) is 4.99 Å². The summed E-state index contributed by atoms with van der Waals surface area (Å²) < 4.78 is 0. The maximum atomic E-state index is 11.1. The molecule has 9 nitrogen and oxygen atoms in total. The van der Waals surface area contributed by atoms with E-state index in [1.807, 2.05) is 0 Å². The lowest BCUT2D eigenvalue weighted by atomic mass is 10.1. The van der Waals surface area contributed by atoms with Gasteiger partial charge in [0.05, 0.1) is 0 Å². The Bertz CT molecular complexity index is 311. The van der Waals surface area contributed by atoms with E-state index in [1.54, 1.807) is 0 Å². The molecule has 17 heavy (non-hydrogen) atoms. The average Bonchev–Trinajstić information content (AvgIpc) is 2.20. The van der Waals surface area contributed by atoms with E-state index in [0.29, 0.717) is 0 Å². The summed E-state index contributed by atoms with van der Waals surface area (Å²) in [5.74, 6) is -2.21. The number of nitrogens with zero attached hydrogens (tertiary/aromatic N) is 1. The molecule has 0 saturated heterocycles. The van der Waals surface area contributed by atoms with Gasteiger partial charge in [-0.3, -0.25) is 10.7 Å². The topological polar surface area (TPSA) is 163 Å². The van der Waals surface area contributed by atoms with E-state index >= 15 is 0 Å². The third-order valence-corrected chi connectivity index (χ3v) is 1.60. The maximum Gasteiger partial charge on any atom is 0.401 e. The maximum absolute atomic E-state index is 11.1. The summed E-state index contributed by atoms with van der Waals surface area (Å²) in [6.07, 6.45) is 0.101. The molecule has 0 aromatic rings. The van der Waals surface area contributed by atoms with Gasteiger partial charge in [0.1, 0.15) is 0 Å². The lowest BCUT2D eigenvalue weighted by molar-refractivity contribution is -0.269. The van der Waals surface area contributed by atoms with Crippen LogP contribution in [-0.4, -0.2) is 35.3 Å². The first-order chi connectivity index (χ1) is 7.75. The SMILES string of the molecule is CC(=O)OOC(=O)C(N)(O)CCCN=C(N)N. The zero-order valence-electron chi connectivity index (χ0n) is 9.38. The van der Waals surface area contributed by atoms with E-state index in [2.05, 4.69) is 14.8 Å². The predicted molar refractivity (Wildman–Crippen MR) is 56.9 cm³/mol. The van der Waals surface area contributed by atoms with Crippen molar-refractivity contribution in [3.8, 4) is 0 Å². The van der Waals surface area contributed by atoms with Crippen molar-refractivity contribution in [1.29, 1.82) is 0 Å². The lowest BCUT2D eigenvalue weighted by Gasteiger charge is -2.18. The van der Waals surface area contributed by atoms with Gasteiger partial charge in [-0.1, -0.05) is 0 Å². The number of aliphatic hydroxyl groups is 1. The fourth-order valence-corrected chi connectivity index (χ4v) is 0.827. The molecule has 0 rings (SSSR count). The Morgan fingerprint density at radius 1 is 1.35 bits per heavy atom. The number of hydrogen-bond donors (Lipinski definition) is 4. The summed E-state index contributed by atoms with van der Waals surface area (Å²) in [6.45, 7) is 1.23. The van der Waals surface area contributed by atoms with Gasteiger partial charge < -0.3 is 16.6 Å². The highest BCUT2D eigenvalue weighted by molar-refractivity contribution is 5.79. The predicted octanol–water partition coefficient (Wildman–Crippen LogP) is -2.29. The van der Waals surface area contributed by atoms with Gasteiger partial charge in [0.2, 0.25) is 5.72 Å². The van der Waals surface area contributed by atoms with Crippen molar-refractivity contribution < 1.29 is 24.5 Å². The minimum absolute atomic E-state index is 0.104. The first-order valence-corrected chi connectivity index (χ1v) is 4.72. The van der Waals surface area contributed by atoms with Crippen LogP contribution in [0.1, 0.15) is 19.8 Å². The highest BCUT2D eigenvalue weighted by atomic mass is 17.2. The molecule has 0 radical (unpaired) electrons. The highest BCUT2D eigenvalue weighted by Gasteiger charge is 2.34. The van der Waals surface area contributed by atoms with Crippen LogP contribution in [0.2, 0.25) is 0 Å². The monoisotopic (exact) mass is 248 g/mol. The molecule has 0 saturated carbocycles. The fourth-order valence-electron chi connectivity index (χ4n) is 0.827. The zero-order chi connectivity index (χ0) is 13.5. The molecule has 0 amide bonds. The van der Waals surface area contributed by atoms with Gasteiger partial charge in [0.25, 0.3) is 0 Å². The van der Waals surface area contributed by atoms with Gasteiger partial charge in [0, 0.05) is 19.9 Å². The Kier molecular flexibility index (Phi) is 5.92. The number of carbonyl (C=O) groups is 2. The van der Waals surface area contributed by atoms with E-state index in [-0.39, 0.29) is 25.3 Å². The van der Waals surface area contributed by atoms with Crippen LogP contribution >= 0.6 is 0 Å². The molecule has 0 fully saturated rings. The Morgan fingerprint density at radius 2 is 1.94 bits per heavy atom. The second-order valence-corrected chi connectivity index (χ2v) is 3.28. The smallest absolute Gasteiger partial charge is 0.370 e.